The topological polar surface area (TPSA) is 74.5 Å². The number of hydrogen-bond donors (Lipinski definition) is 0. The standard InChI is InChI=1S/C4H5N5S/c1-2-3-6-4(7-9-5)10-8-3/h2H2,1H3. The van der Waals surface area contributed by atoms with Crippen molar-refractivity contribution in [1.82, 2.24) is 9.36 Å². The maximum atomic E-state index is 8.00. The third-order valence-electron chi connectivity index (χ3n) is 0.904. The minimum atomic E-state index is 0.388. The lowest BCUT2D eigenvalue weighted by Crippen LogP contribution is -1.79. The van der Waals surface area contributed by atoms with Crippen LogP contribution in [0.5, 0.6) is 0 Å². The maximum absolute atomic E-state index is 8.00. The molecule has 0 spiro atoms. The highest BCUT2D eigenvalue weighted by Crippen LogP contribution is 2.14. The van der Waals surface area contributed by atoms with Crippen LogP contribution >= 0.6 is 11.5 Å². The summed E-state index contributed by atoms with van der Waals surface area (Å²) in [5.41, 5.74) is 8.00. The molecule has 0 aromatic carbocycles. The highest BCUT2D eigenvalue weighted by molar-refractivity contribution is 7.09. The summed E-state index contributed by atoms with van der Waals surface area (Å²) < 4.78 is 3.92. The number of nitrogens with zero attached hydrogens (tertiary/aromatic N) is 5. The summed E-state index contributed by atoms with van der Waals surface area (Å²) in [6.45, 7) is 1.95. The summed E-state index contributed by atoms with van der Waals surface area (Å²) in [6, 6.07) is 0. The molecule has 0 aliphatic heterocycles. The number of aromatic nitrogens is 2. The van der Waals surface area contributed by atoms with E-state index in [1.807, 2.05) is 6.92 Å². The Morgan fingerprint density at radius 3 is 3.10 bits per heavy atom. The SMILES string of the molecule is CCc1nsc(N=[N+]=[N-])n1. The number of aryl methyl sites for hydroxylation is 1. The zero-order chi connectivity index (χ0) is 7.40. The molecule has 1 rings (SSSR count). The summed E-state index contributed by atoms with van der Waals surface area (Å²) in [5, 5.41) is 3.69. The smallest absolute Gasteiger partial charge is 0.200 e. The van der Waals surface area contributed by atoms with Gasteiger partial charge in [0.15, 0.2) is 5.13 Å². The summed E-state index contributed by atoms with van der Waals surface area (Å²) in [4.78, 5) is 6.49. The van der Waals surface area contributed by atoms with Crippen LogP contribution < -0.4 is 0 Å². The van der Waals surface area contributed by atoms with Crippen molar-refractivity contribution in [3.63, 3.8) is 0 Å². The molecule has 1 heterocycles. The van der Waals surface area contributed by atoms with Gasteiger partial charge in [0.2, 0.25) is 0 Å². The van der Waals surface area contributed by atoms with Crippen LogP contribution in [0.1, 0.15) is 12.7 Å². The van der Waals surface area contributed by atoms with Gasteiger partial charge in [0.1, 0.15) is 5.82 Å². The molecular weight excluding hydrogens is 150 g/mol. The molecule has 52 valence electrons. The number of rotatable bonds is 2. The first-order valence-corrected chi connectivity index (χ1v) is 3.52. The average molecular weight is 155 g/mol. The Hall–Kier alpha value is -1.13. The fourth-order valence-electron chi connectivity index (χ4n) is 0.467. The molecule has 1 aromatic rings. The number of azide groups is 1. The minimum absolute atomic E-state index is 0.388. The van der Waals surface area contributed by atoms with Crippen molar-refractivity contribution < 1.29 is 0 Å². The van der Waals surface area contributed by atoms with Crippen LogP contribution in [0.25, 0.3) is 10.4 Å². The summed E-state index contributed by atoms with van der Waals surface area (Å²) in [5.74, 6) is 0.729. The molecule has 1 aromatic heterocycles. The molecule has 0 amide bonds. The average Bonchev–Trinajstić information content (AvgIpc) is 2.37. The first kappa shape index (κ1) is 6.98. The molecule has 0 aliphatic rings. The fraction of sp³-hybridized carbons (Fsp3) is 0.500. The lowest BCUT2D eigenvalue weighted by molar-refractivity contribution is 0.997. The van der Waals surface area contributed by atoms with Gasteiger partial charge < -0.3 is 0 Å². The molecule has 0 radical (unpaired) electrons. The third-order valence-corrected chi connectivity index (χ3v) is 1.54. The van der Waals surface area contributed by atoms with E-state index in [-0.39, 0.29) is 0 Å². The highest BCUT2D eigenvalue weighted by atomic mass is 32.1. The Morgan fingerprint density at radius 2 is 2.60 bits per heavy atom. The van der Waals surface area contributed by atoms with Crippen molar-refractivity contribution in [2.45, 2.75) is 13.3 Å². The Bertz CT molecular complexity index is 260. The van der Waals surface area contributed by atoms with Gasteiger partial charge in [0, 0.05) is 11.3 Å². The first-order valence-electron chi connectivity index (χ1n) is 2.74. The molecule has 0 saturated carbocycles. The van der Waals surface area contributed by atoms with E-state index in [0.29, 0.717) is 5.13 Å². The molecule has 0 saturated heterocycles. The van der Waals surface area contributed by atoms with Crippen LogP contribution in [0.2, 0.25) is 0 Å². The Labute approximate surface area is 61.5 Å². The van der Waals surface area contributed by atoms with Crippen LogP contribution in [-0.4, -0.2) is 9.36 Å². The predicted molar refractivity (Wildman–Crippen MR) is 38.1 cm³/mol. The monoisotopic (exact) mass is 155 g/mol. The van der Waals surface area contributed by atoms with Gasteiger partial charge in [0.05, 0.1) is 0 Å². The second kappa shape index (κ2) is 3.14. The van der Waals surface area contributed by atoms with E-state index in [1.165, 1.54) is 0 Å². The molecule has 0 unspecified atom stereocenters. The lowest BCUT2D eigenvalue weighted by Gasteiger charge is -1.77. The second-order valence-corrected chi connectivity index (χ2v) is 2.27. The third kappa shape index (κ3) is 1.43. The van der Waals surface area contributed by atoms with Gasteiger partial charge in [-0.3, -0.25) is 0 Å². The molecule has 6 heteroatoms. The zero-order valence-corrected chi connectivity index (χ0v) is 6.17. The zero-order valence-electron chi connectivity index (χ0n) is 5.35. The second-order valence-electron chi connectivity index (χ2n) is 1.54. The molecule has 0 atom stereocenters. The Balaban J connectivity index is 2.87. The largest absolute Gasteiger partial charge is 0.218 e. The van der Waals surface area contributed by atoms with E-state index in [9.17, 15) is 0 Å². The Morgan fingerprint density at radius 1 is 1.80 bits per heavy atom. The van der Waals surface area contributed by atoms with Gasteiger partial charge in [-0.25, -0.2) is 4.98 Å². The molecule has 10 heavy (non-hydrogen) atoms. The van der Waals surface area contributed by atoms with Crippen molar-refractivity contribution in [2.75, 3.05) is 0 Å². The van der Waals surface area contributed by atoms with Crippen molar-refractivity contribution in [3.8, 4) is 0 Å². The van der Waals surface area contributed by atoms with E-state index in [1.54, 1.807) is 0 Å². The molecule has 0 aliphatic carbocycles. The molecular formula is C4H5N5S. The van der Waals surface area contributed by atoms with Gasteiger partial charge in [-0.2, -0.15) is 4.37 Å². The van der Waals surface area contributed by atoms with Crippen molar-refractivity contribution in [1.29, 1.82) is 0 Å². The quantitative estimate of drug-likeness (QED) is 0.372. The van der Waals surface area contributed by atoms with E-state index in [4.69, 9.17) is 5.53 Å². The number of hydrogen-bond acceptors (Lipinski definition) is 4. The predicted octanol–water partition coefficient (Wildman–Crippen LogP) is 2.04. The minimum Gasteiger partial charge on any atom is -0.218 e. The van der Waals surface area contributed by atoms with Crippen LogP contribution in [0.15, 0.2) is 5.11 Å². The summed E-state index contributed by atoms with van der Waals surface area (Å²) in [6.07, 6.45) is 0.775. The Kier molecular flexibility index (Phi) is 2.20. The van der Waals surface area contributed by atoms with Gasteiger partial charge in [0.25, 0.3) is 0 Å². The lowest BCUT2D eigenvalue weighted by atomic mass is 10.5. The van der Waals surface area contributed by atoms with Crippen LogP contribution in [0, 0.1) is 0 Å². The summed E-state index contributed by atoms with van der Waals surface area (Å²) in [7, 11) is 0. The van der Waals surface area contributed by atoms with Crippen molar-refractivity contribution in [3.05, 3.63) is 16.3 Å². The molecule has 0 bridgehead atoms. The molecule has 0 fully saturated rings. The van der Waals surface area contributed by atoms with Gasteiger partial charge >= 0.3 is 0 Å². The summed E-state index contributed by atoms with van der Waals surface area (Å²) >= 11 is 1.12. The molecule has 0 N–H and O–H groups in total. The maximum Gasteiger partial charge on any atom is 0.200 e. The van der Waals surface area contributed by atoms with E-state index in [2.05, 4.69) is 19.4 Å². The van der Waals surface area contributed by atoms with Crippen molar-refractivity contribution in [2.24, 2.45) is 5.11 Å². The van der Waals surface area contributed by atoms with Crippen LogP contribution in [0.3, 0.4) is 0 Å². The first-order chi connectivity index (χ1) is 4.86. The van der Waals surface area contributed by atoms with Crippen molar-refractivity contribution >= 4 is 16.7 Å². The van der Waals surface area contributed by atoms with E-state index in [0.717, 1.165) is 23.8 Å². The normalized spacial score (nSPS) is 8.90. The van der Waals surface area contributed by atoms with E-state index >= 15 is 0 Å². The fourth-order valence-corrected chi connectivity index (χ4v) is 1.04. The van der Waals surface area contributed by atoms with Gasteiger partial charge in [-0.05, 0) is 22.2 Å². The van der Waals surface area contributed by atoms with Crippen LogP contribution in [0.4, 0.5) is 5.13 Å². The van der Waals surface area contributed by atoms with Gasteiger partial charge in [-0.1, -0.05) is 6.92 Å². The molecule has 5 nitrogen and oxygen atoms in total. The van der Waals surface area contributed by atoms with E-state index < -0.39 is 0 Å². The van der Waals surface area contributed by atoms with Gasteiger partial charge in [-0.15, -0.1) is 0 Å². The highest BCUT2D eigenvalue weighted by Gasteiger charge is 1.97. The van der Waals surface area contributed by atoms with Crippen LogP contribution in [-0.2, 0) is 6.42 Å².